The molecule has 0 aliphatic rings. The van der Waals surface area contributed by atoms with E-state index >= 15 is 0 Å². The van der Waals surface area contributed by atoms with Gasteiger partial charge in [0, 0.05) is 6.20 Å². The first kappa shape index (κ1) is 13.9. The van der Waals surface area contributed by atoms with Gasteiger partial charge in [-0.25, -0.2) is 9.82 Å². The van der Waals surface area contributed by atoms with E-state index in [1.807, 2.05) is 18.2 Å². The van der Waals surface area contributed by atoms with E-state index in [0.717, 1.165) is 5.56 Å². The van der Waals surface area contributed by atoms with Crippen LogP contribution in [0.15, 0.2) is 53.8 Å². The lowest BCUT2D eigenvalue weighted by Crippen LogP contribution is -2.21. The third kappa shape index (κ3) is 3.98. The molecule has 0 unspecified atom stereocenters. The molecule has 0 saturated carbocycles. The monoisotopic (exact) mass is 271 g/mol. The Morgan fingerprint density at radius 1 is 1.25 bits per heavy atom. The summed E-state index contributed by atoms with van der Waals surface area (Å²) in [6.45, 7) is 1.76. The molecule has 0 radical (unpaired) electrons. The lowest BCUT2D eigenvalue weighted by atomic mass is 10.1. The summed E-state index contributed by atoms with van der Waals surface area (Å²) in [5, 5.41) is 3.99. The van der Waals surface area contributed by atoms with Crippen LogP contribution in [0.1, 0.15) is 18.2 Å². The lowest BCUT2D eigenvalue weighted by molar-refractivity contribution is -0.120. The predicted molar refractivity (Wildman–Crippen MR) is 74.7 cm³/mol. The molecule has 1 heterocycles. The number of carbonyl (C=O) groups is 1. The number of halogens is 1. The van der Waals surface area contributed by atoms with E-state index in [1.54, 1.807) is 25.3 Å². The van der Waals surface area contributed by atoms with E-state index in [1.165, 1.54) is 12.1 Å². The SMILES string of the molecule is CC(=NNC(=O)Cc1ccc(F)cc1)c1ccccn1. The molecular formula is C15H14FN3O. The number of benzene rings is 1. The molecule has 0 bridgehead atoms. The third-order valence-corrected chi connectivity index (χ3v) is 2.66. The molecule has 5 heteroatoms. The van der Waals surface area contributed by atoms with Crippen LogP contribution in [-0.4, -0.2) is 16.6 Å². The molecule has 2 aromatic rings. The van der Waals surface area contributed by atoms with Crippen LogP contribution in [0.2, 0.25) is 0 Å². The molecule has 0 aliphatic carbocycles. The van der Waals surface area contributed by atoms with Gasteiger partial charge in [-0.3, -0.25) is 9.78 Å². The molecule has 1 aromatic heterocycles. The smallest absolute Gasteiger partial charge is 0.244 e. The Morgan fingerprint density at radius 2 is 2.00 bits per heavy atom. The summed E-state index contributed by atoms with van der Waals surface area (Å²) in [7, 11) is 0. The summed E-state index contributed by atoms with van der Waals surface area (Å²) in [4.78, 5) is 15.8. The Bertz CT molecular complexity index is 609. The highest BCUT2D eigenvalue weighted by atomic mass is 19.1. The molecule has 4 nitrogen and oxygen atoms in total. The third-order valence-electron chi connectivity index (χ3n) is 2.66. The number of hydrazone groups is 1. The Labute approximate surface area is 116 Å². The maximum Gasteiger partial charge on any atom is 0.244 e. The van der Waals surface area contributed by atoms with Crippen LogP contribution in [-0.2, 0) is 11.2 Å². The van der Waals surface area contributed by atoms with Gasteiger partial charge in [-0.05, 0) is 36.8 Å². The summed E-state index contributed by atoms with van der Waals surface area (Å²) in [5.74, 6) is -0.579. The number of rotatable bonds is 4. The molecule has 102 valence electrons. The van der Waals surface area contributed by atoms with Crippen LogP contribution >= 0.6 is 0 Å². The second-order valence-corrected chi connectivity index (χ2v) is 4.25. The zero-order valence-electron chi connectivity index (χ0n) is 11.0. The van der Waals surface area contributed by atoms with Crippen LogP contribution in [0.25, 0.3) is 0 Å². The van der Waals surface area contributed by atoms with Crippen molar-refractivity contribution in [2.24, 2.45) is 5.10 Å². The van der Waals surface area contributed by atoms with Gasteiger partial charge in [-0.2, -0.15) is 5.10 Å². The minimum atomic E-state index is -0.321. The zero-order valence-corrected chi connectivity index (χ0v) is 11.0. The Morgan fingerprint density at radius 3 is 2.65 bits per heavy atom. The van der Waals surface area contributed by atoms with Crippen molar-refractivity contribution in [3.8, 4) is 0 Å². The predicted octanol–water partition coefficient (Wildman–Crippen LogP) is 2.30. The molecule has 0 atom stereocenters. The number of pyridine rings is 1. The Balaban J connectivity index is 1.93. The number of amides is 1. The topological polar surface area (TPSA) is 54.4 Å². The zero-order chi connectivity index (χ0) is 14.4. The molecule has 0 fully saturated rings. The number of aromatic nitrogens is 1. The van der Waals surface area contributed by atoms with Gasteiger partial charge in [0.25, 0.3) is 0 Å². The number of carbonyl (C=O) groups excluding carboxylic acids is 1. The molecule has 20 heavy (non-hydrogen) atoms. The fourth-order valence-electron chi connectivity index (χ4n) is 1.61. The van der Waals surface area contributed by atoms with Crippen molar-refractivity contribution in [3.63, 3.8) is 0 Å². The first-order valence-corrected chi connectivity index (χ1v) is 6.14. The fourth-order valence-corrected chi connectivity index (χ4v) is 1.61. The first-order chi connectivity index (χ1) is 9.65. The van der Waals surface area contributed by atoms with Crippen molar-refractivity contribution in [2.75, 3.05) is 0 Å². The summed E-state index contributed by atoms with van der Waals surface area (Å²) in [6.07, 6.45) is 1.81. The van der Waals surface area contributed by atoms with Gasteiger partial charge in [0.05, 0.1) is 17.8 Å². The van der Waals surface area contributed by atoms with Crippen molar-refractivity contribution in [1.29, 1.82) is 0 Å². The van der Waals surface area contributed by atoms with Gasteiger partial charge in [0.2, 0.25) is 5.91 Å². The molecule has 0 spiro atoms. The van der Waals surface area contributed by atoms with Gasteiger partial charge in [-0.1, -0.05) is 18.2 Å². The average molecular weight is 271 g/mol. The van der Waals surface area contributed by atoms with Crippen molar-refractivity contribution in [3.05, 3.63) is 65.7 Å². The molecule has 2 rings (SSSR count). The van der Waals surface area contributed by atoms with Crippen molar-refractivity contribution >= 4 is 11.6 Å². The second kappa shape index (κ2) is 6.56. The van der Waals surface area contributed by atoms with Crippen LogP contribution in [0.5, 0.6) is 0 Å². The number of nitrogens with zero attached hydrogens (tertiary/aromatic N) is 2. The summed E-state index contributed by atoms with van der Waals surface area (Å²) in [5.41, 5.74) is 4.52. The Hall–Kier alpha value is -2.56. The fraction of sp³-hybridized carbons (Fsp3) is 0.133. The maximum atomic E-state index is 12.7. The van der Waals surface area contributed by atoms with E-state index in [4.69, 9.17) is 0 Å². The summed E-state index contributed by atoms with van der Waals surface area (Å²) in [6, 6.07) is 11.3. The van der Waals surface area contributed by atoms with E-state index in [2.05, 4.69) is 15.5 Å². The summed E-state index contributed by atoms with van der Waals surface area (Å²) < 4.78 is 12.7. The van der Waals surface area contributed by atoms with Gasteiger partial charge >= 0.3 is 0 Å². The Kier molecular flexibility index (Phi) is 4.55. The van der Waals surface area contributed by atoms with Crippen molar-refractivity contribution < 1.29 is 9.18 Å². The van der Waals surface area contributed by atoms with Crippen molar-refractivity contribution in [2.45, 2.75) is 13.3 Å². The number of hydrogen-bond acceptors (Lipinski definition) is 3. The number of hydrogen-bond donors (Lipinski definition) is 1. The second-order valence-electron chi connectivity index (χ2n) is 4.25. The molecule has 1 N–H and O–H groups in total. The van der Waals surface area contributed by atoms with Crippen LogP contribution in [0, 0.1) is 5.82 Å². The van der Waals surface area contributed by atoms with Gasteiger partial charge in [0.15, 0.2) is 0 Å². The van der Waals surface area contributed by atoms with E-state index in [0.29, 0.717) is 11.4 Å². The van der Waals surface area contributed by atoms with Crippen LogP contribution < -0.4 is 5.43 Å². The highest BCUT2D eigenvalue weighted by Crippen LogP contribution is 2.03. The van der Waals surface area contributed by atoms with E-state index < -0.39 is 0 Å². The van der Waals surface area contributed by atoms with Gasteiger partial charge in [0.1, 0.15) is 5.82 Å². The standard InChI is InChI=1S/C15H14FN3O/c1-11(14-4-2-3-9-17-14)18-19-15(20)10-12-5-7-13(16)8-6-12/h2-9H,10H2,1H3,(H,19,20). The van der Waals surface area contributed by atoms with Crippen molar-refractivity contribution in [1.82, 2.24) is 10.4 Å². The van der Waals surface area contributed by atoms with Gasteiger partial charge < -0.3 is 0 Å². The minimum Gasteiger partial charge on any atom is -0.273 e. The molecule has 1 aromatic carbocycles. The molecule has 1 amide bonds. The molecular weight excluding hydrogens is 257 g/mol. The maximum absolute atomic E-state index is 12.7. The van der Waals surface area contributed by atoms with Gasteiger partial charge in [-0.15, -0.1) is 0 Å². The number of nitrogens with one attached hydrogen (secondary N) is 1. The highest BCUT2D eigenvalue weighted by molar-refractivity contribution is 5.97. The quantitative estimate of drug-likeness (QED) is 0.685. The summed E-state index contributed by atoms with van der Waals surface area (Å²) >= 11 is 0. The van der Waals surface area contributed by atoms with Crippen LogP contribution in [0.3, 0.4) is 0 Å². The minimum absolute atomic E-state index is 0.152. The van der Waals surface area contributed by atoms with Crippen LogP contribution in [0.4, 0.5) is 4.39 Å². The molecule has 0 saturated heterocycles. The first-order valence-electron chi connectivity index (χ1n) is 6.14. The van der Waals surface area contributed by atoms with E-state index in [9.17, 15) is 9.18 Å². The normalized spacial score (nSPS) is 11.2. The highest BCUT2D eigenvalue weighted by Gasteiger charge is 2.03. The van der Waals surface area contributed by atoms with E-state index in [-0.39, 0.29) is 18.1 Å². The average Bonchev–Trinajstić information content (AvgIpc) is 2.48. The largest absolute Gasteiger partial charge is 0.273 e. The molecule has 0 aliphatic heterocycles. The lowest BCUT2D eigenvalue weighted by Gasteiger charge is -2.02.